The normalized spacial score (nSPS) is 12.1. The molecule has 1 N–H and O–H groups in total. The molecular weight excluding hydrogens is 182 g/mol. The van der Waals surface area contributed by atoms with E-state index in [4.69, 9.17) is 5.11 Å². The summed E-state index contributed by atoms with van der Waals surface area (Å²) in [6.07, 6.45) is 2.87. The Kier molecular flexibility index (Phi) is 3.34. The van der Waals surface area contributed by atoms with Gasteiger partial charge in [0.05, 0.1) is 6.42 Å². The van der Waals surface area contributed by atoms with E-state index < -0.39 is 11.9 Å². The number of rotatable bonds is 4. The SMILES string of the molecule is CC(CC(=O)O)C(=O)c1cccnc1. The van der Waals surface area contributed by atoms with Crippen LogP contribution in [0.5, 0.6) is 0 Å². The van der Waals surface area contributed by atoms with Gasteiger partial charge in [-0.3, -0.25) is 14.6 Å². The summed E-state index contributed by atoms with van der Waals surface area (Å²) < 4.78 is 0. The lowest BCUT2D eigenvalue weighted by molar-refractivity contribution is -0.137. The number of aliphatic carboxylic acids is 1. The van der Waals surface area contributed by atoms with Crippen molar-refractivity contribution in [3.8, 4) is 0 Å². The average molecular weight is 193 g/mol. The Bertz CT molecular complexity index is 334. The topological polar surface area (TPSA) is 67.3 Å². The summed E-state index contributed by atoms with van der Waals surface area (Å²) >= 11 is 0. The first kappa shape index (κ1) is 10.4. The van der Waals surface area contributed by atoms with Crippen molar-refractivity contribution in [1.29, 1.82) is 0 Å². The van der Waals surface area contributed by atoms with E-state index in [2.05, 4.69) is 4.98 Å². The highest BCUT2D eigenvalue weighted by Crippen LogP contribution is 2.10. The number of carbonyl (C=O) groups excluding carboxylic acids is 1. The van der Waals surface area contributed by atoms with Gasteiger partial charge in [0.15, 0.2) is 5.78 Å². The molecule has 0 aliphatic heterocycles. The molecule has 0 amide bonds. The summed E-state index contributed by atoms with van der Waals surface area (Å²) in [6, 6.07) is 3.29. The van der Waals surface area contributed by atoms with Crippen molar-refractivity contribution in [3.63, 3.8) is 0 Å². The zero-order valence-electron chi connectivity index (χ0n) is 7.80. The van der Waals surface area contributed by atoms with Gasteiger partial charge in [0, 0.05) is 23.9 Å². The molecule has 4 nitrogen and oxygen atoms in total. The fourth-order valence-electron chi connectivity index (χ4n) is 1.15. The number of Topliss-reactive ketones (excluding diaryl/α,β-unsaturated/α-hetero) is 1. The highest BCUT2D eigenvalue weighted by Gasteiger charge is 2.17. The van der Waals surface area contributed by atoms with E-state index in [0.29, 0.717) is 5.56 Å². The van der Waals surface area contributed by atoms with E-state index in [0.717, 1.165) is 0 Å². The standard InChI is InChI=1S/C10H11NO3/c1-7(5-9(12)13)10(14)8-3-2-4-11-6-8/h2-4,6-7H,5H2,1H3,(H,12,13). The first-order chi connectivity index (χ1) is 6.61. The van der Waals surface area contributed by atoms with E-state index in [-0.39, 0.29) is 12.2 Å². The molecule has 4 heteroatoms. The fourth-order valence-corrected chi connectivity index (χ4v) is 1.15. The first-order valence-electron chi connectivity index (χ1n) is 4.27. The van der Waals surface area contributed by atoms with Gasteiger partial charge >= 0.3 is 5.97 Å². The van der Waals surface area contributed by atoms with Crippen LogP contribution in [0.25, 0.3) is 0 Å². The molecule has 1 rings (SSSR count). The number of aromatic nitrogens is 1. The molecule has 1 unspecified atom stereocenters. The molecule has 14 heavy (non-hydrogen) atoms. The van der Waals surface area contributed by atoms with Gasteiger partial charge in [0.2, 0.25) is 0 Å². The van der Waals surface area contributed by atoms with E-state index in [1.54, 1.807) is 25.3 Å². The lowest BCUT2D eigenvalue weighted by Crippen LogP contribution is -2.15. The maximum absolute atomic E-state index is 11.6. The van der Waals surface area contributed by atoms with Gasteiger partial charge in [-0.15, -0.1) is 0 Å². The minimum atomic E-state index is -0.963. The van der Waals surface area contributed by atoms with Crippen LogP contribution in [0.2, 0.25) is 0 Å². The summed E-state index contributed by atoms with van der Waals surface area (Å²) in [7, 11) is 0. The van der Waals surface area contributed by atoms with Crippen molar-refractivity contribution in [2.24, 2.45) is 5.92 Å². The summed E-state index contributed by atoms with van der Waals surface area (Å²) in [5, 5.41) is 8.51. The van der Waals surface area contributed by atoms with Gasteiger partial charge in [-0.2, -0.15) is 0 Å². The van der Waals surface area contributed by atoms with Crippen LogP contribution in [-0.2, 0) is 4.79 Å². The van der Waals surface area contributed by atoms with Gasteiger partial charge in [0.25, 0.3) is 0 Å². The number of hydrogen-bond acceptors (Lipinski definition) is 3. The van der Waals surface area contributed by atoms with E-state index >= 15 is 0 Å². The largest absolute Gasteiger partial charge is 0.481 e. The minimum Gasteiger partial charge on any atom is -0.481 e. The zero-order valence-corrected chi connectivity index (χ0v) is 7.80. The number of ketones is 1. The van der Waals surface area contributed by atoms with Gasteiger partial charge in [0.1, 0.15) is 0 Å². The van der Waals surface area contributed by atoms with Gasteiger partial charge in [-0.1, -0.05) is 6.92 Å². The summed E-state index contributed by atoms with van der Waals surface area (Å²) in [6.45, 7) is 1.60. The Hall–Kier alpha value is -1.71. The molecule has 0 spiro atoms. The molecular formula is C10H11NO3. The van der Waals surface area contributed by atoms with Crippen molar-refractivity contribution < 1.29 is 14.7 Å². The molecule has 1 atom stereocenters. The number of carbonyl (C=O) groups is 2. The molecule has 74 valence electrons. The van der Waals surface area contributed by atoms with E-state index in [1.807, 2.05) is 0 Å². The third-order valence-electron chi connectivity index (χ3n) is 1.87. The van der Waals surface area contributed by atoms with E-state index in [9.17, 15) is 9.59 Å². The van der Waals surface area contributed by atoms with Crippen LogP contribution < -0.4 is 0 Å². The molecule has 0 saturated carbocycles. The lowest BCUT2D eigenvalue weighted by atomic mass is 9.98. The molecule has 1 heterocycles. The van der Waals surface area contributed by atoms with Crippen LogP contribution >= 0.6 is 0 Å². The molecule has 0 aromatic carbocycles. The van der Waals surface area contributed by atoms with Crippen molar-refractivity contribution in [1.82, 2.24) is 4.98 Å². The third kappa shape index (κ3) is 2.65. The predicted molar refractivity (Wildman–Crippen MR) is 50.0 cm³/mol. The molecule has 0 bridgehead atoms. The molecule has 0 radical (unpaired) electrons. The minimum absolute atomic E-state index is 0.145. The van der Waals surface area contributed by atoms with Crippen molar-refractivity contribution in [3.05, 3.63) is 30.1 Å². The van der Waals surface area contributed by atoms with Gasteiger partial charge in [-0.25, -0.2) is 0 Å². The van der Waals surface area contributed by atoms with Gasteiger partial charge in [-0.05, 0) is 12.1 Å². The number of carboxylic acids is 1. The molecule has 1 aromatic heterocycles. The Morgan fingerprint density at radius 1 is 1.57 bits per heavy atom. The Morgan fingerprint density at radius 3 is 2.79 bits per heavy atom. The Morgan fingerprint density at radius 2 is 2.29 bits per heavy atom. The summed E-state index contributed by atoms with van der Waals surface area (Å²) in [4.78, 5) is 25.8. The van der Waals surface area contributed by atoms with Crippen molar-refractivity contribution in [2.75, 3.05) is 0 Å². The van der Waals surface area contributed by atoms with Gasteiger partial charge < -0.3 is 5.11 Å². The second-order valence-electron chi connectivity index (χ2n) is 3.10. The summed E-state index contributed by atoms with van der Waals surface area (Å²) in [5.74, 6) is -1.65. The number of carboxylic acid groups (broad SMARTS) is 1. The first-order valence-corrected chi connectivity index (χ1v) is 4.27. The van der Waals surface area contributed by atoms with Crippen LogP contribution in [0.4, 0.5) is 0 Å². The second kappa shape index (κ2) is 4.50. The van der Waals surface area contributed by atoms with Crippen molar-refractivity contribution >= 4 is 11.8 Å². The quantitative estimate of drug-likeness (QED) is 0.733. The average Bonchev–Trinajstić information content (AvgIpc) is 2.17. The fraction of sp³-hybridized carbons (Fsp3) is 0.300. The van der Waals surface area contributed by atoms with Crippen LogP contribution in [0.3, 0.4) is 0 Å². The molecule has 0 fully saturated rings. The maximum Gasteiger partial charge on any atom is 0.304 e. The van der Waals surface area contributed by atoms with Crippen LogP contribution in [0.1, 0.15) is 23.7 Å². The Balaban J connectivity index is 2.71. The van der Waals surface area contributed by atoms with Crippen molar-refractivity contribution in [2.45, 2.75) is 13.3 Å². The summed E-state index contributed by atoms with van der Waals surface area (Å²) in [5.41, 5.74) is 0.459. The van der Waals surface area contributed by atoms with E-state index in [1.165, 1.54) is 6.20 Å². The molecule has 0 saturated heterocycles. The lowest BCUT2D eigenvalue weighted by Gasteiger charge is -2.06. The molecule has 0 aliphatic carbocycles. The zero-order chi connectivity index (χ0) is 10.6. The molecule has 1 aromatic rings. The highest BCUT2D eigenvalue weighted by molar-refractivity contribution is 5.98. The number of nitrogens with zero attached hydrogens (tertiary/aromatic N) is 1. The highest BCUT2D eigenvalue weighted by atomic mass is 16.4. The smallest absolute Gasteiger partial charge is 0.304 e. The Labute approximate surface area is 81.6 Å². The number of pyridine rings is 1. The monoisotopic (exact) mass is 193 g/mol. The predicted octanol–water partition coefficient (Wildman–Crippen LogP) is 1.38. The van der Waals surface area contributed by atoms with Crippen LogP contribution in [0.15, 0.2) is 24.5 Å². The van der Waals surface area contributed by atoms with Crippen LogP contribution in [-0.4, -0.2) is 21.8 Å². The second-order valence-corrected chi connectivity index (χ2v) is 3.10. The van der Waals surface area contributed by atoms with Crippen LogP contribution in [0, 0.1) is 5.92 Å². The molecule has 0 aliphatic rings. The third-order valence-corrected chi connectivity index (χ3v) is 1.87. The maximum atomic E-state index is 11.6. The number of hydrogen-bond donors (Lipinski definition) is 1.